The van der Waals surface area contributed by atoms with Crippen LogP contribution in [0.15, 0.2) is 24.3 Å². The van der Waals surface area contributed by atoms with E-state index >= 15 is 0 Å². The minimum Gasteiger partial charge on any atom is -0.492 e. The molecule has 0 atom stereocenters. The second-order valence-electron chi connectivity index (χ2n) is 7.80. The molecule has 0 saturated carbocycles. The summed E-state index contributed by atoms with van der Waals surface area (Å²) < 4.78 is 1.89. The molecular weight excluding hydrogens is 260 g/mol. The lowest BCUT2D eigenvalue weighted by atomic mass is 9.79. The summed E-state index contributed by atoms with van der Waals surface area (Å²) >= 11 is 0. The highest BCUT2D eigenvalue weighted by molar-refractivity contribution is 5.46. The summed E-state index contributed by atoms with van der Waals surface area (Å²) in [7, 11) is 0. The number of hydrogen-bond donors (Lipinski definition) is 1. The first-order chi connectivity index (χ1) is 9.51. The van der Waals surface area contributed by atoms with Crippen LogP contribution in [0, 0.1) is 6.92 Å². The molecule has 0 fully saturated rings. The Morgan fingerprint density at radius 3 is 2.10 bits per heavy atom. The van der Waals surface area contributed by atoms with E-state index in [9.17, 15) is 5.11 Å². The van der Waals surface area contributed by atoms with Crippen molar-refractivity contribution in [3.05, 3.63) is 41.1 Å². The maximum Gasteiger partial charge on any atom is 0.234 e. The molecule has 2 rings (SSSR count). The van der Waals surface area contributed by atoms with E-state index in [1.807, 2.05) is 16.8 Å². The first-order valence-corrected chi connectivity index (χ1v) is 7.42. The summed E-state index contributed by atoms with van der Waals surface area (Å²) in [5.41, 5.74) is 3.90. The van der Waals surface area contributed by atoms with Crippen LogP contribution in [0.25, 0.3) is 5.69 Å². The summed E-state index contributed by atoms with van der Waals surface area (Å²) in [5.74, 6) is 0.133. The van der Waals surface area contributed by atoms with Gasteiger partial charge in [0.25, 0.3) is 0 Å². The molecule has 21 heavy (non-hydrogen) atoms. The Hall–Kier alpha value is -1.77. The van der Waals surface area contributed by atoms with Gasteiger partial charge in [0.1, 0.15) is 0 Å². The molecular formula is C18H26N2O. The Kier molecular flexibility index (Phi) is 3.64. The molecule has 3 heteroatoms. The van der Waals surface area contributed by atoms with Crippen molar-refractivity contribution in [1.29, 1.82) is 0 Å². The maximum atomic E-state index is 10.4. The topological polar surface area (TPSA) is 38.0 Å². The van der Waals surface area contributed by atoms with Gasteiger partial charge in [0.15, 0.2) is 0 Å². The summed E-state index contributed by atoms with van der Waals surface area (Å²) in [6.07, 6.45) is 0. The van der Waals surface area contributed by atoms with Crippen molar-refractivity contribution >= 4 is 0 Å². The molecule has 1 heterocycles. The van der Waals surface area contributed by atoms with E-state index in [1.165, 1.54) is 5.56 Å². The van der Waals surface area contributed by atoms with Crippen LogP contribution in [0.1, 0.15) is 58.4 Å². The van der Waals surface area contributed by atoms with Crippen molar-refractivity contribution in [2.24, 2.45) is 0 Å². The van der Waals surface area contributed by atoms with Gasteiger partial charge >= 0.3 is 0 Å². The van der Waals surface area contributed by atoms with E-state index in [0.717, 1.165) is 16.9 Å². The predicted molar refractivity (Wildman–Crippen MR) is 87.4 cm³/mol. The monoisotopic (exact) mass is 286 g/mol. The van der Waals surface area contributed by atoms with Gasteiger partial charge in [-0.1, -0.05) is 53.7 Å². The first-order valence-electron chi connectivity index (χ1n) is 7.42. The lowest BCUT2D eigenvalue weighted by molar-refractivity contribution is 0.425. The van der Waals surface area contributed by atoms with Gasteiger partial charge < -0.3 is 5.11 Å². The van der Waals surface area contributed by atoms with Crippen molar-refractivity contribution in [1.82, 2.24) is 9.78 Å². The smallest absolute Gasteiger partial charge is 0.234 e. The Morgan fingerprint density at radius 2 is 1.62 bits per heavy atom. The normalized spacial score (nSPS) is 12.7. The highest BCUT2D eigenvalue weighted by atomic mass is 16.3. The van der Waals surface area contributed by atoms with Gasteiger partial charge in [-0.3, -0.25) is 0 Å². The molecule has 0 radical (unpaired) electrons. The van der Waals surface area contributed by atoms with Crippen molar-refractivity contribution in [2.45, 2.75) is 59.3 Å². The molecule has 0 aliphatic heterocycles. The SMILES string of the molecule is Cc1cccc(-n2nc(O)c(C(C)(C)C)c2C(C)(C)C)c1. The van der Waals surface area contributed by atoms with Crippen LogP contribution in [0.4, 0.5) is 0 Å². The molecule has 2 aromatic rings. The number of rotatable bonds is 1. The highest BCUT2D eigenvalue weighted by Crippen LogP contribution is 2.40. The Morgan fingerprint density at radius 1 is 1.00 bits per heavy atom. The predicted octanol–water partition coefficient (Wildman–Crippen LogP) is 4.48. The van der Waals surface area contributed by atoms with E-state index in [0.29, 0.717) is 0 Å². The molecule has 1 aromatic heterocycles. The number of hydrogen-bond acceptors (Lipinski definition) is 2. The van der Waals surface area contributed by atoms with Gasteiger partial charge in [-0.2, -0.15) is 0 Å². The highest BCUT2D eigenvalue weighted by Gasteiger charge is 2.34. The minimum atomic E-state index is -0.158. The fourth-order valence-corrected chi connectivity index (χ4v) is 2.74. The number of nitrogens with zero attached hydrogens (tertiary/aromatic N) is 2. The molecule has 0 unspecified atom stereocenters. The molecule has 1 N–H and O–H groups in total. The van der Waals surface area contributed by atoms with Crippen LogP contribution in [0.5, 0.6) is 5.88 Å². The van der Waals surface area contributed by atoms with E-state index in [2.05, 4.69) is 65.7 Å². The third-order valence-corrected chi connectivity index (χ3v) is 3.57. The van der Waals surface area contributed by atoms with E-state index < -0.39 is 0 Å². The number of aryl methyl sites for hydroxylation is 1. The Bertz CT molecular complexity index is 655. The van der Waals surface area contributed by atoms with Crippen LogP contribution in [-0.2, 0) is 10.8 Å². The third-order valence-electron chi connectivity index (χ3n) is 3.57. The van der Waals surface area contributed by atoms with Gasteiger partial charge in [0.05, 0.1) is 11.4 Å². The van der Waals surface area contributed by atoms with Gasteiger partial charge in [0.2, 0.25) is 5.88 Å². The standard InChI is InChI=1S/C18H26N2O/c1-12-9-8-10-13(11-12)20-15(18(5,6)7)14(16(21)19-20)17(2,3)4/h8-11H,1-7H3,(H,19,21). The number of aromatic hydroxyl groups is 1. The molecule has 3 nitrogen and oxygen atoms in total. The van der Waals surface area contributed by atoms with Crippen molar-refractivity contribution in [3.63, 3.8) is 0 Å². The van der Waals surface area contributed by atoms with E-state index in [4.69, 9.17) is 0 Å². The maximum absolute atomic E-state index is 10.4. The largest absolute Gasteiger partial charge is 0.492 e. The fraction of sp³-hybridized carbons (Fsp3) is 0.500. The lowest BCUT2D eigenvalue weighted by Crippen LogP contribution is -2.24. The molecule has 0 bridgehead atoms. The molecule has 0 aliphatic carbocycles. The summed E-state index contributed by atoms with van der Waals surface area (Å²) in [6, 6.07) is 8.20. The van der Waals surface area contributed by atoms with E-state index in [-0.39, 0.29) is 16.7 Å². The average Bonchev–Trinajstić information content (AvgIpc) is 2.66. The number of aromatic nitrogens is 2. The molecule has 0 saturated heterocycles. The van der Waals surface area contributed by atoms with Crippen LogP contribution in [0.3, 0.4) is 0 Å². The zero-order valence-electron chi connectivity index (χ0n) is 14.2. The molecule has 1 aromatic carbocycles. The second kappa shape index (κ2) is 4.90. The second-order valence-corrected chi connectivity index (χ2v) is 7.80. The lowest BCUT2D eigenvalue weighted by Gasteiger charge is -2.27. The molecule has 114 valence electrons. The number of benzene rings is 1. The van der Waals surface area contributed by atoms with Crippen molar-refractivity contribution in [3.8, 4) is 11.6 Å². The van der Waals surface area contributed by atoms with Crippen LogP contribution in [0.2, 0.25) is 0 Å². The van der Waals surface area contributed by atoms with Crippen molar-refractivity contribution in [2.75, 3.05) is 0 Å². The Balaban J connectivity index is 2.80. The van der Waals surface area contributed by atoms with E-state index in [1.54, 1.807) is 0 Å². The average molecular weight is 286 g/mol. The molecule has 0 amide bonds. The van der Waals surface area contributed by atoms with Crippen molar-refractivity contribution < 1.29 is 5.11 Å². The Labute approximate surface area is 127 Å². The van der Waals surface area contributed by atoms with Crippen LogP contribution in [-0.4, -0.2) is 14.9 Å². The zero-order chi connectivity index (χ0) is 16.0. The summed E-state index contributed by atoms with van der Waals surface area (Å²) in [4.78, 5) is 0. The van der Waals surface area contributed by atoms with Gasteiger partial charge in [-0.15, -0.1) is 5.10 Å². The molecule has 0 aliphatic rings. The van der Waals surface area contributed by atoms with Crippen LogP contribution >= 0.6 is 0 Å². The third kappa shape index (κ3) is 2.97. The zero-order valence-corrected chi connectivity index (χ0v) is 14.2. The van der Waals surface area contributed by atoms with Crippen LogP contribution < -0.4 is 0 Å². The summed E-state index contributed by atoms with van der Waals surface area (Å²) in [5, 5.41) is 14.8. The minimum absolute atomic E-state index is 0.111. The molecule has 0 spiro atoms. The van der Waals surface area contributed by atoms with Gasteiger partial charge in [-0.25, -0.2) is 4.68 Å². The quantitative estimate of drug-likeness (QED) is 0.839. The van der Waals surface area contributed by atoms with Gasteiger partial charge in [-0.05, 0) is 30.0 Å². The summed E-state index contributed by atoms with van der Waals surface area (Å²) in [6.45, 7) is 14.9. The first kappa shape index (κ1) is 15.6. The fourth-order valence-electron chi connectivity index (χ4n) is 2.74. The van der Waals surface area contributed by atoms with Gasteiger partial charge in [0, 0.05) is 11.0 Å².